The molecule has 12 nitrogen and oxygen atoms in total. The molecule has 0 saturated heterocycles. The lowest BCUT2D eigenvalue weighted by atomic mass is 9.52. The number of carbonyl (C=O) groups excluding carboxylic acids is 5. The van der Waals surface area contributed by atoms with Gasteiger partial charge in [-0.25, -0.2) is 0 Å². The Labute approximate surface area is 232 Å². The number of carbonyl (C=O) groups is 5. The molecule has 2 fully saturated rings. The normalized spacial score (nSPS) is 30.3. The average molecular weight is 557 g/mol. The maximum absolute atomic E-state index is 13.9. The maximum atomic E-state index is 13.9. The molecule has 216 valence electrons. The summed E-state index contributed by atoms with van der Waals surface area (Å²) in [6, 6.07) is 1.98. The number of nitrogens with zero attached hydrogens (tertiary/aromatic N) is 3. The van der Waals surface area contributed by atoms with Crippen LogP contribution in [0.3, 0.4) is 0 Å². The minimum absolute atomic E-state index is 0.00888. The van der Waals surface area contributed by atoms with Gasteiger partial charge in [0.15, 0.2) is 34.7 Å². The molecular weight excluding hydrogens is 520 g/mol. The molecule has 6 atom stereocenters. The first-order chi connectivity index (χ1) is 18.7. The van der Waals surface area contributed by atoms with Crippen LogP contribution in [0.5, 0.6) is 5.75 Å². The van der Waals surface area contributed by atoms with E-state index in [1.54, 1.807) is 20.2 Å². The lowest BCUT2D eigenvalue weighted by Crippen LogP contribution is -2.74. The van der Waals surface area contributed by atoms with Crippen LogP contribution in [0.25, 0.3) is 0 Å². The van der Waals surface area contributed by atoms with E-state index in [9.17, 15) is 34.2 Å². The third-order valence-corrected chi connectivity index (χ3v) is 8.33. The summed E-state index contributed by atoms with van der Waals surface area (Å²) < 4.78 is 0. The number of phenolic OH excluding ortho intramolecular Hbond substituents is 1. The topological polar surface area (TPSA) is 180 Å². The van der Waals surface area contributed by atoms with E-state index >= 15 is 0 Å². The van der Waals surface area contributed by atoms with Gasteiger partial charge in [0.05, 0.1) is 23.2 Å². The first-order valence-electron chi connectivity index (χ1n) is 13.3. The van der Waals surface area contributed by atoms with Crippen LogP contribution in [-0.4, -0.2) is 101 Å². The van der Waals surface area contributed by atoms with E-state index in [4.69, 9.17) is 10.6 Å². The third kappa shape index (κ3) is 4.63. The van der Waals surface area contributed by atoms with Crippen molar-refractivity contribution in [1.82, 2.24) is 9.80 Å². The van der Waals surface area contributed by atoms with Crippen molar-refractivity contribution in [2.24, 2.45) is 34.6 Å². The number of Topliss-reactive ketones (excluding diaryl/α,β-unsaturated/α-hetero) is 4. The summed E-state index contributed by atoms with van der Waals surface area (Å²) in [7, 11) is 4.98. The highest BCUT2D eigenvalue weighted by molar-refractivity contribution is 6.32. The molecule has 40 heavy (non-hydrogen) atoms. The average Bonchev–Trinajstić information content (AvgIpc) is 2.86. The number of nitrogens with two attached hydrogens (primary N) is 1. The Kier molecular flexibility index (Phi) is 7.99. The van der Waals surface area contributed by atoms with Crippen molar-refractivity contribution in [2.45, 2.75) is 44.9 Å². The number of oxime groups is 1. The van der Waals surface area contributed by atoms with Gasteiger partial charge in [-0.05, 0) is 70.9 Å². The van der Waals surface area contributed by atoms with Crippen LogP contribution in [-0.2, 0) is 37.0 Å². The Morgan fingerprint density at radius 2 is 1.85 bits per heavy atom. The van der Waals surface area contributed by atoms with Crippen LogP contribution in [0, 0.1) is 23.7 Å². The number of ketones is 4. The van der Waals surface area contributed by atoms with Crippen molar-refractivity contribution in [1.29, 1.82) is 0 Å². The van der Waals surface area contributed by atoms with E-state index < -0.39 is 64.4 Å². The molecule has 2 unspecified atom stereocenters. The zero-order valence-corrected chi connectivity index (χ0v) is 23.3. The number of amides is 1. The largest absolute Gasteiger partial charge is 0.507 e. The van der Waals surface area contributed by atoms with Crippen molar-refractivity contribution in [3.8, 4) is 5.75 Å². The third-order valence-electron chi connectivity index (χ3n) is 8.33. The quantitative estimate of drug-likeness (QED) is 0.219. The van der Waals surface area contributed by atoms with Gasteiger partial charge in [-0.3, -0.25) is 33.8 Å². The van der Waals surface area contributed by atoms with E-state index in [1.807, 2.05) is 25.8 Å². The number of likely N-dealkylation sites (N-methyl/N-ethyl adjacent to an activating group) is 1. The predicted octanol–water partition coefficient (Wildman–Crippen LogP) is -0.289. The summed E-state index contributed by atoms with van der Waals surface area (Å²) in [5.41, 5.74) is 4.70. The first kappa shape index (κ1) is 29.5. The second kappa shape index (κ2) is 10.8. The molecule has 4 rings (SSSR count). The van der Waals surface area contributed by atoms with Gasteiger partial charge >= 0.3 is 0 Å². The number of hydrogen-bond acceptors (Lipinski definition) is 11. The summed E-state index contributed by atoms with van der Waals surface area (Å²) in [6.45, 7) is 5.00. The molecule has 0 aliphatic heterocycles. The lowest BCUT2D eigenvalue weighted by Gasteiger charge is -2.52. The van der Waals surface area contributed by atoms with Crippen LogP contribution < -0.4 is 5.73 Å². The minimum Gasteiger partial charge on any atom is -0.507 e. The molecule has 4 N–H and O–H groups in total. The Balaban J connectivity index is 1.74. The Bertz CT molecular complexity index is 1310. The molecule has 0 radical (unpaired) electrons. The van der Waals surface area contributed by atoms with E-state index in [1.165, 1.54) is 11.0 Å². The summed E-state index contributed by atoms with van der Waals surface area (Å²) >= 11 is 0. The van der Waals surface area contributed by atoms with E-state index in [-0.39, 0.29) is 24.2 Å². The molecule has 0 heterocycles. The number of aromatic hydroxyl groups is 1. The smallest absolute Gasteiger partial charge is 0.235 e. The molecule has 1 aromatic rings. The van der Waals surface area contributed by atoms with Crippen LogP contribution in [0.2, 0.25) is 0 Å². The summed E-state index contributed by atoms with van der Waals surface area (Å²) in [5, 5.41) is 26.4. The standard InChI is InChI=1S/C28H36N4O8/c1-6-40-30-13(2)11-32(5)12-14-7-8-18(33)20-16(14)9-15-10-17-22(31(3)4)24(35)21(27(29)38)26(37)28(17,39)25(36)19(15)23(20)34/h7-8,15,17,19,21-22,33,39H,6,9-12H2,1-5H3,(H2,29,38)/t15-,17-,19?,21?,22-,28-/m0/s1. The molecule has 3 aliphatic rings. The van der Waals surface area contributed by atoms with Crippen molar-refractivity contribution in [3.63, 3.8) is 0 Å². The van der Waals surface area contributed by atoms with E-state index in [2.05, 4.69) is 5.16 Å². The maximum Gasteiger partial charge on any atom is 0.235 e. The number of aliphatic hydroxyl groups is 1. The first-order valence-corrected chi connectivity index (χ1v) is 13.3. The number of fused-ring (bicyclic) bond motifs is 3. The summed E-state index contributed by atoms with van der Waals surface area (Å²) in [6.07, 6.45) is 0.227. The highest BCUT2D eigenvalue weighted by Gasteiger charge is 2.69. The SMILES string of the molecule is CCON=C(C)CN(C)Cc1ccc(O)c2c1C[C@H]1C[C@H]3[C@H](N(C)C)C(=O)C(C(N)=O)C(=O)[C@@]3(O)C(=O)C1C2=O. The molecule has 12 heteroatoms. The predicted molar refractivity (Wildman–Crippen MR) is 142 cm³/mol. The van der Waals surface area contributed by atoms with Gasteiger partial charge < -0.3 is 20.8 Å². The van der Waals surface area contributed by atoms with Crippen LogP contribution in [0.4, 0.5) is 0 Å². The van der Waals surface area contributed by atoms with E-state index in [0.717, 1.165) is 11.3 Å². The minimum atomic E-state index is -2.73. The van der Waals surface area contributed by atoms with Crippen LogP contribution in [0.15, 0.2) is 17.3 Å². The zero-order valence-electron chi connectivity index (χ0n) is 23.3. The second-order valence-corrected chi connectivity index (χ2v) is 11.3. The van der Waals surface area contributed by atoms with Crippen LogP contribution >= 0.6 is 0 Å². The number of primary amides is 1. The van der Waals surface area contributed by atoms with Gasteiger partial charge in [0.2, 0.25) is 5.91 Å². The molecule has 3 aliphatic carbocycles. The highest BCUT2D eigenvalue weighted by Crippen LogP contribution is 2.51. The Morgan fingerprint density at radius 1 is 1.18 bits per heavy atom. The van der Waals surface area contributed by atoms with Gasteiger partial charge in [-0.2, -0.15) is 0 Å². The highest BCUT2D eigenvalue weighted by atomic mass is 16.6. The van der Waals surface area contributed by atoms with Crippen molar-refractivity contribution >= 4 is 34.8 Å². The summed E-state index contributed by atoms with van der Waals surface area (Å²) in [5.74, 6) is -10.5. The number of phenols is 1. The fraction of sp³-hybridized carbons (Fsp3) is 0.571. The van der Waals surface area contributed by atoms with Crippen LogP contribution in [0.1, 0.15) is 41.8 Å². The van der Waals surface area contributed by atoms with Gasteiger partial charge in [0.25, 0.3) is 0 Å². The van der Waals surface area contributed by atoms with Gasteiger partial charge in [-0.15, -0.1) is 0 Å². The fourth-order valence-corrected chi connectivity index (χ4v) is 6.76. The molecule has 2 saturated carbocycles. The lowest BCUT2D eigenvalue weighted by molar-refractivity contribution is -0.181. The number of benzene rings is 1. The van der Waals surface area contributed by atoms with E-state index in [0.29, 0.717) is 25.3 Å². The molecule has 0 spiro atoms. The molecule has 1 aromatic carbocycles. The monoisotopic (exact) mass is 556 g/mol. The fourth-order valence-electron chi connectivity index (χ4n) is 6.76. The zero-order chi connectivity index (χ0) is 29.7. The molecule has 1 amide bonds. The van der Waals surface area contributed by atoms with Crippen molar-refractivity contribution in [2.75, 3.05) is 34.3 Å². The second-order valence-electron chi connectivity index (χ2n) is 11.3. The molecular formula is C28H36N4O8. The molecule has 0 bridgehead atoms. The van der Waals surface area contributed by atoms with Gasteiger partial charge in [-0.1, -0.05) is 11.2 Å². The number of rotatable bonds is 8. The molecule has 0 aromatic heterocycles. The van der Waals surface area contributed by atoms with Gasteiger partial charge in [0, 0.05) is 19.0 Å². The van der Waals surface area contributed by atoms with Gasteiger partial charge in [0.1, 0.15) is 12.4 Å². The Hall–Kier alpha value is -3.48. The van der Waals surface area contributed by atoms with Crippen molar-refractivity contribution in [3.05, 3.63) is 28.8 Å². The summed E-state index contributed by atoms with van der Waals surface area (Å²) in [4.78, 5) is 74.9. The number of hydrogen-bond donors (Lipinski definition) is 3. The Morgan fingerprint density at radius 3 is 2.45 bits per heavy atom. The van der Waals surface area contributed by atoms with Crippen molar-refractivity contribution < 1.29 is 39.0 Å².